The van der Waals surface area contributed by atoms with Gasteiger partial charge in [-0.25, -0.2) is 13.1 Å². The lowest BCUT2D eigenvalue weighted by molar-refractivity contribution is 0.416. The number of methoxy groups -OCH3 is 1. The van der Waals surface area contributed by atoms with Crippen molar-refractivity contribution in [2.75, 3.05) is 7.11 Å². The monoisotopic (exact) mass is 472 g/mol. The summed E-state index contributed by atoms with van der Waals surface area (Å²) in [6.07, 6.45) is 1.67. The van der Waals surface area contributed by atoms with Gasteiger partial charge in [0.1, 0.15) is 10.8 Å². The number of aromatic nitrogens is 1. The molecule has 1 aromatic heterocycles. The zero-order valence-electron chi connectivity index (χ0n) is 16.5. The Hall–Kier alpha value is -2.64. The minimum Gasteiger partial charge on any atom is -0.494 e. The van der Waals surface area contributed by atoms with Gasteiger partial charge in [-0.05, 0) is 47.5 Å². The molecule has 1 heterocycles. The van der Waals surface area contributed by atoms with Crippen molar-refractivity contribution in [3.05, 3.63) is 88.5 Å². The Labute approximate surface area is 190 Å². The highest BCUT2D eigenvalue weighted by Gasteiger charge is 2.17. The molecule has 0 unspecified atom stereocenters. The summed E-state index contributed by atoms with van der Waals surface area (Å²) in [6, 6.07) is 19.4. The molecule has 158 valence electrons. The molecule has 0 saturated carbocycles. The number of fused-ring (bicyclic) bond motifs is 1. The van der Waals surface area contributed by atoms with Gasteiger partial charge in [0.15, 0.2) is 0 Å². The molecule has 0 bridgehead atoms. The third kappa shape index (κ3) is 4.38. The summed E-state index contributed by atoms with van der Waals surface area (Å²) in [7, 11) is -2.20. The second-order valence-electron chi connectivity index (χ2n) is 6.78. The molecular weight excluding hydrogens is 455 g/mol. The zero-order chi connectivity index (χ0) is 22.0. The lowest BCUT2D eigenvalue weighted by Gasteiger charge is -2.13. The number of rotatable bonds is 6. The summed E-state index contributed by atoms with van der Waals surface area (Å²) in [4.78, 5) is 4.46. The third-order valence-electron chi connectivity index (χ3n) is 4.92. The highest BCUT2D eigenvalue weighted by molar-refractivity contribution is 7.89. The SMILES string of the molecule is COc1c(-c2ccc(S(=O)(=O)NCc3ccnc4ccccc34)cc2)ccc(Cl)c1Cl. The van der Waals surface area contributed by atoms with Crippen molar-refractivity contribution in [3.63, 3.8) is 0 Å². The first-order valence-electron chi connectivity index (χ1n) is 9.35. The maximum Gasteiger partial charge on any atom is 0.240 e. The van der Waals surface area contributed by atoms with Crippen molar-refractivity contribution in [1.82, 2.24) is 9.71 Å². The van der Waals surface area contributed by atoms with Gasteiger partial charge in [0.2, 0.25) is 10.0 Å². The molecule has 3 aromatic carbocycles. The molecule has 5 nitrogen and oxygen atoms in total. The molecule has 0 radical (unpaired) electrons. The van der Waals surface area contributed by atoms with Crippen LogP contribution in [0, 0.1) is 0 Å². The van der Waals surface area contributed by atoms with Gasteiger partial charge in [-0.3, -0.25) is 4.98 Å². The van der Waals surface area contributed by atoms with Gasteiger partial charge >= 0.3 is 0 Å². The van der Waals surface area contributed by atoms with Crippen LogP contribution in [0.1, 0.15) is 5.56 Å². The van der Waals surface area contributed by atoms with Crippen molar-refractivity contribution < 1.29 is 13.2 Å². The minimum atomic E-state index is -3.71. The molecule has 0 aliphatic rings. The number of ether oxygens (including phenoxy) is 1. The van der Waals surface area contributed by atoms with Crippen molar-refractivity contribution >= 4 is 44.1 Å². The molecule has 1 N–H and O–H groups in total. The van der Waals surface area contributed by atoms with Crippen LogP contribution in [-0.4, -0.2) is 20.5 Å². The molecule has 0 spiro atoms. The maximum absolute atomic E-state index is 12.8. The van der Waals surface area contributed by atoms with Crippen LogP contribution in [0.3, 0.4) is 0 Å². The van der Waals surface area contributed by atoms with E-state index < -0.39 is 10.0 Å². The Balaban J connectivity index is 1.58. The van der Waals surface area contributed by atoms with Crippen LogP contribution < -0.4 is 9.46 Å². The van der Waals surface area contributed by atoms with Gasteiger partial charge in [-0.1, -0.05) is 53.5 Å². The second kappa shape index (κ2) is 8.85. The van der Waals surface area contributed by atoms with E-state index in [9.17, 15) is 8.42 Å². The van der Waals surface area contributed by atoms with E-state index in [2.05, 4.69) is 9.71 Å². The van der Waals surface area contributed by atoms with Gasteiger partial charge in [-0.15, -0.1) is 0 Å². The van der Waals surface area contributed by atoms with Crippen LogP contribution in [-0.2, 0) is 16.6 Å². The van der Waals surface area contributed by atoms with Gasteiger partial charge in [0.05, 0.1) is 22.5 Å². The maximum atomic E-state index is 12.8. The highest BCUT2D eigenvalue weighted by Crippen LogP contribution is 2.40. The van der Waals surface area contributed by atoms with Gasteiger partial charge in [0.25, 0.3) is 0 Å². The molecule has 0 saturated heterocycles. The van der Waals surface area contributed by atoms with E-state index in [0.717, 1.165) is 27.6 Å². The summed E-state index contributed by atoms with van der Waals surface area (Å²) in [5, 5.41) is 1.61. The number of sulfonamides is 1. The summed E-state index contributed by atoms with van der Waals surface area (Å²) < 4.78 is 33.7. The van der Waals surface area contributed by atoms with Crippen LogP contribution >= 0.6 is 23.2 Å². The van der Waals surface area contributed by atoms with Crippen molar-refractivity contribution in [2.24, 2.45) is 0 Å². The molecular formula is C23H18Cl2N2O3S. The normalized spacial score (nSPS) is 11.6. The van der Waals surface area contributed by atoms with E-state index in [0.29, 0.717) is 15.8 Å². The first-order valence-corrected chi connectivity index (χ1v) is 11.6. The molecule has 0 aliphatic carbocycles. The van der Waals surface area contributed by atoms with Crippen LogP contribution in [0.15, 0.2) is 77.8 Å². The Morgan fingerprint density at radius 3 is 2.45 bits per heavy atom. The predicted molar refractivity (Wildman–Crippen MR) is 124 cm³/mol. The Kier molecular flexibility index (Phi) is 6.16. The molecule has 0 atom stereocenters. The zero-order valence-corrected chi connectivity index (χ0v) is 18.8. The summed E-state index contributed by atoms with van der Waals surface area (Å²) in [5.41, 5.74) is 3.15. The van der Waals surface area contributed by atoms with Gasteiger partial charge < -0.3 is 4.74 Å². The quantitative estimate of drug-likeness (QED) is 0.390. The summed E-state index contributed by atoms with van der Waals surface area (Å²) in [6.45, 7) is 0.160. The molecule has 8 heteroatoms. The van der Waals surface area contributed by atoms with Crippen LogP contribution in [0.5, 0.6) is 5.75 Å². The van der Waals surface area contributed by atoms with Crippen LogP contribution in [0.25, 0.3) is 22.0 Å². The Morgan fingerprint density at radius 1 is 0.968 bits per heavy atom. The van der Waals surface area contributed by atoms with Crippen LogP contribution in [0.4, 0.5) is 0 Å². The third-order valence-corrected chi connectivity index (χ3v) is 7.13. The van der Waals surface area contributed by atoms with Gasteiger partial charge in [0, 0.05) is 23.7 Å². The number of hydrogen-bond donors (Lipinski definition) is 1. The van der Waals surface area contributed by atoms with E-state index >= 15 is 0 Å². The van der Waals surface area contributed by atoms with E-state index in [-0.39, 0.29) is 11.4 Å². The molecule has 0 amide bonds. The highest BCUT2D eigenvalue weighted by atomic mass is 35.5. The summed E-state index contributed by atoms with van der Waals surface area (Å²) >= 11 is 12.3. The second-order valence-corrected chi connectivity index (χ2v) is 9.33. The average Bonchev–Trinajstić information content (AvgIpc) is 2.79. The van der Waals surface area contributed by atoms with Gasteiger partial charge in [-0.2, -0.15) is 0 Å². The Morgan fingerprint density at radius 2 is 1.71 bits per heavy atom. The van der Waals surface area contributed by atoms with E-state index in [1.54, 1.807) is 42.6 Å². The van der Waals surface area contributed by atoms with E-state index in [1.807, 2.05) is 30.3 Å². The predicted octanol–water partition coefficient (Wildman–Crippen LogP) is 5.70. The first-order chi connectivity index (χ1) is 14.9. The fourth-order valence-electron chi connectivity index (χ4n) is 3.34. The molecule has 4 aromatic rings. The number of para-hydroxylation sites is 1. The number of benzene rings is 3. The standard InChI is InChI=1S/C23H18Cl2N2O3S/c1-30-23-19(10-11-20(24)22(23)25)15-6-8-17(9-7-15)31(28,29)27-14-16-12-13-26-21-5-3-2-4-18(16)21/h2-13,27H,14H2,1H3. The molecule has 4 rings (SSSR count). The first kappa shape index (κ1) is 21.6. The van der Waals surface area contributed by atoms with Crippen molar-refractivity contribution in [1.29, 1.82) is 0 Å². The lowest BCUT2D eigenvalue weighted by Crippen LogP contribution is -2.23. The topological polar surface area (TPSA) is 68.3 Å². The lowest BCUT2D eigenvalue weighted by atomic mass is 10.0. The smallest absolute Gasteiger partial charge is 0.240 e. The van der Waals surface area contributed by atoms with Crippen LogP contribution in [0.2, 0.25) is 10.0 Å². The number of nitrogens with zero attached hydrogens (tertiary/aromatic N) is 1. The number of halogens is 2. The number of hydrogen-bond acceptors (Lipinski definition) is 4. The van der Waals surface area contributed by atoms with E-state index in [4.69, 9.17) is 27.9 Å². The van der Waals surface area contributed by atoms with Crippen molar-refractivity contribution in [2.45, 2.75) is 11.4 Å². The summed E-state index contributed by atoms with van der Waals surface area (Å²) in [5.74, 6) is 0.437. The largest absolute Gasteiger partial charge is 0.494 e. The molecule has 0 fully saturated rings. The number of pyridine rings is 1. The average molecular weight is 473 g/mol. The number of nitrogens with one attached hydrogen (secondary N) is 1. The molecule has 0 aliphatic heterocycles. The van der Waals surface area contributed by atoms with Crippen molar-refractivity contribution in [3.8, 4) is 16.9 Å². The minimum absolute atomic E-state index is 0.160. The fourth-order valence-corrected chi connectivity index (χ4v) is 4.74. The Bertz CT molecular complexity index is 1350. The van der Waals surface area contributed by atoms with E-state index in [1.165, 1.54) is 7.11 Å². The molecule has 31 heavy (non-hydrogen) atoms. The fraction of sp³-hybridized carbons (Fsp3) is 0.0870.